The van der Waals surface area contributed by atoms with Gasteiger partial charge >= 0.3 is 5.69 Å². The Morgan fingerprint density at radius 1 is 1.50 bits per heavy atom. The first kappa shape index (κ1) is 12.5. The van der Waals surface area contributed by atoms with Gasteiger partial charge in [-0.2, -0.15) is 0 Å². The van der Waals surface area contributed by atoms with E-state index in [1.165, 1.54) is 11.2 Å². The van der Waals surface area contributed by atoms with Crippen molar-refractivity contribution in [3.63, 3.8) is 0 Å². The van der Waals surface area contributed by atoms with Gasteiger partial charge < -0.3 is 10.6 Å². The smallest absolute Gasteiger partial charge is 0.354 e. The predicted molar refractivity (Wildman–Crippen MR) is 64.9 cm³/mol. The van der Waals surface area contributed by atoms with Gasteiger partial charge in [-0.1, -0.05) is 0 Å². The number of piperazine rings is 1. The number of anilines is 2. The maximum absolute atomic E-state index is 10.9. The van der Waals surface area contributed by atoms with Gasteiger partial charge in [0.25, 0.3) is 0 Å². The fourth-order valence-electron chi connectivity index (χ4n) is 1.80. The Morgan fingerprint density at radius 2 is 2.17 bits per heavy atom. The van der Waals surface area contributed by atoms with Crippen LogP contribution in [0.2, 0.25) is 0 Å². The molecule has 0 spiro atoms. The molecule has 1 aromatic heterocycles. The third kappa shape index (κ3) is 2.63. The van der Waals surface area contributed by atoms with E-state index in [1.807, 2.05) is 5.01 Å². The van der Waals surface area contributed by atoms with Crippen molar-refractivity contribution in [3.8, 4) is 0 Å². The number of nitrogens with two attached hydrogens (primary N) is 1. The van der Waals surface area contributed by atoms with Crippen LogP contribution < -0.4 is 16.1 Å². The van der Waals surface area contributed by atoms with Crippen molar-refractivity contribution in [3.05, 3.63) is 16.4 Å². The molecule has 0 bridgehead atoms. The van der Waals surface area contributed by atoms with Crippen LogP contribution in [-0.4, -0.2) is 53.1 Å². The minimum absolute atomic E-state index is 0.128. The lowest BCUT2D eigenvalue weighted by Gasteiger charge is -2.30. The van der Waals surface area contributed by atoms with E-state index in [9.17, 15) is 10.1 Å². The molecule has 2 heterocycles. The van der Waals surface area contributed by atoms with E-state index in [1.54, 1.807) is 0 Å². The third-order valence-corrected chi connectivity index (χ3v) is 2.91. The number of quaternary nitrogens is 1. The second kappa shape index (κ2) is 5.10. The summed E-state index contributed by atoms with van der Waals surface area (Å²) in [6.07, 6.45) is 1.21. The highest BCUT2D eigenvalue weighted by Crippen LogP contribution is 2.26. The molecule has 1 fully saturated rings. The van der Waals surface area contributed by atoms with E-state index < -0.39 is 4.92 Å². The summed E-state index contributed by atoms with van der Waals surface area (Å²) >= 11 is 0. The van der Waals surface area contributed by atoms with Gasteiger partial charge in [-0.3, -0.25) is 15.5 Å². The van der Waals surface area contributed by atoms with Gasteiger partial charge in [-0.05, 0) is 0 Å². The molecule has 9 nitrogen and oxygen atoms in total. The highest BCUT2D eigenvalue weighted by Gasteiger charge is 2.24. The number of rotatable bonds is 3. The normalized spacial score (nSPS) is 17.6. The van der Waals surface area contributed by atoms with Gasteiger partial charge in [-0.15, -0.1) is 0 Å². The number of hydrazine groups is 1. The monoisotopic (exact) mass is 254 g/mol. The largest absolute Gasteiger partial charge is 0.378 e. The Hall–Kier alpha value is -2.00. The molecule has 0 saturated carbocycles. The van der Waals surface area contributed by atoms with Crippen LogP contribution in [0.3, 0.4) is 0 Å². The van der Waals surface area contributed by atoms with Gasteiger partial charge in [0, 0.05) is 0 Å². The fraction of sp³-hybridized carbons (Fsp3) is 0.556. The van der Waals surface area contributed by atoms with Crippen molar-refractivity contribution in [1.82, 2.24) is 15.0 Å². The van der Waals surface area contributed by atoms with Crippen LogP contribution in [0.5, 0.6) is 0 Å². The maximum atomic E-state index is 10.9. The van der Waals surface area contributed by atoms with Crippen molar-refractivity contribution in [1.29, 1.82) is 0 Å². The van der Waals surface area contributed by atoms with Crippen molar-refractivity contribution in [2.45, 2.75) is 0 Å². The lowest BCUT2D eigenvalue weighted by atomic mass is 10.4. The molecule has 2 rings (SSSR count). The molecule has 9 heteroatoms. The second-order valence-corrected chi connectivity index (χ2v) is 4.27. The zero-order valence-corrected chi connectivity index (χ0v) is 10.1. The summed E-state index contributed by atoms with van der Waals surface area (Å²) in [7, 11) is 2.11. The quantitative estimate of drug-likeness (QED) is 0.427. The molecule has 98 valence electrons. The summed E-state index contributed by atoms with van der Waals surface area (Å²) in [5.74, 6) is 0.0179. The second-order valence-electron chi connectivity index (χ2n) is 4.27. The van der Waals surface area contributed by atoms with Crippen LogP contribution in [0.1, 0.15) is 0 Å². The molecule has 0 unspecified atom stereocenters. The minimum atomic E-state index is -0.570. The molecular formula is C9H16N7O2+. The number of nitro groups is 1. The van der Waals surface area contributed by atoms with E-state index in [0.29, 0.717) is 0 Å². The topological polar surface area (TPSA) is 115 Å². The van der Waals surface area contributed by atoms with Crippen LogP contribution >= 0.6 is 0 Å². The fourth-order valence-corrected chi connectivity index (χ4v) is 1.80. The Morgan fingerprint density at radius 3 is 2.78 bits per heavy atom. The Labute approximate surface area is 104 Å². The van der Waals surface area contributed by atoms with Crippen LogP contribution in [0.25, 0.3) is 0 Å². The summed E-state index contributed by atoms with van der Waals surface area (Å²) < 4.78 is 0. The molecule has 0 aromatic carbocycles. The number of nitrogen functional groups attached to an aromatic ring is 1. The van der Waals surface area contributed by atoms with Gasteiger partial charge in [0.1, 0.15) is 6.33 Å². The van der Waals surface area contributed by atoms with Crippen molar-refractivity contribution in [2.24, 2.45) is 0 Å². The van der Waals surface area contributed by atoms with Crippen molar-refractivity contribution >= 4 is 17.3 Å². The summed E-state index contributed by atoms with van der Waals surface area (Å²) in [4.78, 5) is 19.3. The zero-order chi connectivity index (χ0) is 13.1. The first-order valence-corrected chi connectivity index (χ1v) is 5.65. The highest BCUT2D eigenvalue weighted by molar-refractivity contribution is 5.66. The summed E-state index contributed by atoms with van der Waals surface area (Å²) in [5, 5.41) is 12.8. The summed E-state index contributed by atoms with van der Waals surface area (Å²) in [5.41, 5.74) is 8.16. The molecule has 1 aliphatic rings. The number of nitrogens with one attached hydrogen (secondary N) is 2. The minimum Gasteiger partial charge on any atom is -0.378 e. The van der Waals surface area contributed by atoms with E-state index in [-0.39, 0.29) is 17.3 Å². The Bertz CT molecular complexity index is 445. The molecule has 1 aromatic rings. The van der Waals surface area contributed by atoms with Gasteiger partial charge in [0.2, 0.25) is 11.6 Å². The van der Waals surface area contributed by atoms with Crippen LogP contribution in [0.15, 0.2) is 6.33 Å². The van der Waals surface area contributed by atoms with E-state index in [2.05, 4.69) is 22.4 Å². The third-order valence-electron chi connectivity index (χ3n) is 2.91. The number of aromatic nitrogens is 2. The van der Waals surface area contributed by atoms with Gasteiger partial charge in [0.05, 0.1) is 38.2 Å². The van der Waals surface area contributed by atoms with Gasteiger partial charge in [0.15, 0.2) is 0 Å². The van der Waals surface area contributed by atoms with Crippen LogP contribution in [0, 0.1) is 10.1 Å². The molecule has 0 atom stereocenters. The lowest BCUT2D eigenvalue weighted by Crippen LogP contribution is -3.12. The summed E-state index contributed by atoms with van der Waals surface area (Å²) in [6.45, 7) is 3.54. The molecule has 0 aliphatic carbocycles. The standard InChI is InChI=1S/C9H15N7O2/c1-14-2-4-15(5-3-14)13-9-7(16(17)18)8(10)11-6-12-9/h6H,2-5H2,1H3,(H3,10,11,12,13)/p+1. The maximum Gasteiger partial charge on any atom is 0.354 e. The molecule has 1 saturated heterocycles. The Kier molecular flexibility index (Phi) is 3.53. The number of likely N-dealkylation sites (N-methyl/N-ethyl adjacent to an activating group) is 1. The molecule has 18 heavy (non-hydrogen) atoms. The van der Waals surface area contributed by atoms with E-state index in [4.69, 9.17) is 5.73 Å². The number of hydrogen-bond acceptors (Lipinski definition) is 7. The predicted octanol–water partition coefficient (Wildman–Crippen LogP) is -1.88. The van der Waals surface area contributed by atoms with E-state index in [0.717, 1.165) is 26.2 Å². The van der Waals surface area contributed by atoms with Gasteiger partial charge in [-0.25, -0.2) is 15.0 Å². The van der Waals surface area contributed by atoms with E-state index >= 15 is 0 Å². The molecule has 4 N–H and O–H groups in total. The zero-order valence-electron chi connectivity index (χ0n) is 10.1. The number of nitrogens with zero attached hydrogens (tertiary/aromatic N) is 4. The molecule has 0 radical (unpaired) electrons. The van der Waals surface area contributed by atoms with Crippen LogP contribution in [0.4, 0.5) is 17.3 Å². The highest BCUT2D eigenvalue weighted by atomic mass is 16.6. The Balaban J connectivity index is 2.14. The van der Waals surface area contributed by atoms with Crippen molar-refractivity contribution < 1.29 is 9.82 Å². The molecule has 0 amide bonds. The average molecular weight is 254 g/mol. The molecule has 1 aliphatic heterocycles. The molecular weight excluding hydrogens is 238 g/mol. The van der Waals surface area contributed by atoms with Crippen LogP contribution in [-0.2, 0) is 0 Å². The number of hydrogen-bond donors (Lipinski definition) is 3. The SMILES string of the molecule is C[NH+]1CCN(Nc2ncnc(N)c2[N+](=O)[O-])CC1. The first-order valence-electron chi connectivity index (χ1n) is 5.65. The van der Waals surface area contributed by atoms with Crippen molar-refractivity contribution in [2.75, 3.05) is 44.4 Å². The lowest BCUT2D eigenvalue weighted by molar-refractivity contribution is -0.884. The first-order chi connectivity index (χ1) is 8.58. The average Bonchev–Trinajstić information content (AvgIpc) is 2.32. The summed E-state index contributed by atoms with van der Waals surface area (Å²) in [6, 6.07) is 0.